The van der Waals surface area contributed by atoms with Crippen LogP contribution in [0.5, 0.6) is 11.6 Å². The molecule has 0 fully saturated rings. The fourth-order valence-electron chi connectivity index (χ4n) is 1.78. The summed E-state index contributed by atoms with van der Waals surface area (Å²) >= 11 is 0. The minimum Gasteiger partial charge on any atom is -0.439 e. The molecule has 0 spiro atoms. The van der Waals surface area contributed by atoms with E-state index in [0.29, 0.717) is 17.5 Å². The average Bonchev–Trinajstić information content (AvgIpc) is 2.26. The molecule has 0 aliphatic heterocycles. The number of nitrogens with one attached hydrogen (secondary N) is 1. The molecule has 0 bridgehead atoms. The maximum atomic E-state index is 5.72. The predicted octanol–water partition coefficient (Wildman–Crippen LogP) is 2.48. The van der Waals surface area contributed by atoms with Gasteiger partial charge in [-0.05, 0) is 44.0 Å². The summed E-state index contributed by atoms with van der Waals surface area (Å²) in [5, 5.41) is 0. The molecule has 0 atom stereocenters. The fraction of sp³-hybridized carbons (Fsp3) is 0.231. The SMILES string of the molecule is Cc1cc(C)cc(Oc2cc(NN)nc(C)n2)c1. The van der Waals surface area contributed by atoms with E-state index in [0.717, 1.165) is 16.9 Å². The predicted molar refractivity (Wildman–Crippen MR) is 70.6 cm³/mol. The molecule has 1 aromatic carbocycles. The van der Waals surface area contributed by atoms with Crippen LogP contribution in [0.2, 0.25) is 0 Å². The lowest BCUT2D eigenvalue weighted by atomic mass is 10.1. The minimum absolute atomic E-state index is 0.473. The number of hydrazine groups is 1. The topological polar surface area (TPSA) is 73.1 Å². The number of benzene rings is 1. The van der Waals surface area contributed by atoms with Crippen LogP contribution in [-0.4, -0.2) is 9.97 Å². The number of aromatic nitrogens is 2. The Labute approximate surface area is 106 Å². The quantitative estimate of drug-likeness (QED) is 0.641. The lowest BCUT2D eigenvalue weighted by molar-refractivity contribution is 0.459. The van der Waals surface area contributed by atoms with E-state index in [1.165, 1.54) is 0 Å². The lowest BCUT2D eigenvalue weighted by Gasteiger charge is -2.08. The maximum Gasteiger partial charge on any atom is 0.224 e. The molecule has 0 amide bonds. The van der Waals surface area contributed by atoms with Crippen LogP contribution in [0.3, 0.4) is 0 Å². The van der Waals surface area contributed by atoms with Crippen LogP contribution in [-0.2, 0) is 0 Å². The third-order valence-corrected chi connectivity index (χ3v) is 2.38. The van der Waals surface area contributed by atoms with Gasteiger partial charge in [0.1, 0.15) is 17.4 Å². The molecule has 0 unspecified atom stereocenters. The molecule has 1 heterocycles. The highest BCUT2D eigenvalue weighted by Gasteiger charge is 2.04. The lowest BCUT2D eigenvalue weighted by Crippen LogP contribution is -2.09. The van der Waals surface area contributed by atoms with E-state index >= 15 is 0 Å². The molecule has 0 saturated carbocycles. The zero-order valence-electron chi connectivity index (χ0n) is 10.7. The molecule has 0 aliphatic carbocycles. The zero-order valence-corrected chi connectivity index (χ0v) is 10.7. The van der Waals surface area contributed by atoms with Crippen molar-refractivity contribution in [3.8, 4) is 11.6 Å². The van der Waals surface area contributed by atoms with E-state index < -0.39 is 0 Å². The van der Waals surface area contributed by atoms with Crippen LogP contribution >= 0.6 is 0 Å². The molecular formula is C13H16N4O. The molecule has 2 rings (SSSR count). The van der Waals surface area contributed by atoms with Crippen LogP contribution < -0.4 is 16.0 Å². The van der Waals surface area contributed by atoms with E-state index in [-0.39, 0.29) is 0 Å². The Kier molecular flexibility index (Phi) is 3.43. The van der Waals surface area contributed by atoms with Gasteiger partial charge in [-0.15, -0.1) is 0 Å². The summed E-state index contributed by atoms with van der Waals surface area (Å²) in [7, 11) is 0. The van der Waals surface area contributed by atoms with Crippen molar-refractivity contribution in [3.05, 3.63) is 41.2 Å². The average molecular weight is 244 g/mol. The Morgan fingerprint density at radius 2 is 1.67 bits per heavy atom. The molecular weight excluding hydrogens is 228 g/mol. The Morgan fingerprint density at radius 3 is 2.28 bits per heavy atom. The van der Waals surface area contributed by atoms with Crippen molar-refractivity contribution in [1.82, 2.24) is 9.97 Å². The Bertz CT molecular complexity index is 549. The summed E-state index contributed by atoms with van der Waals surface area (Å²) in [5.41, 5.74) is 4.78. The largest absolute Gasteiger partial charge is 0.439 e. The standard InChI is InChI=1S/C13H16N4O/c1-8-4-9(2)6-11(5-8)18-13-7-12(17-14)15-10(3)16-13/h4-7H,14H2,1-3H3,(H,15,16,17). The second kappa shape index (κ2) is 5.01. The Hall–Kier alpha value is -2.14. The molecule has 3 N–H and O–H groups in total. The molecule has 0 aliphatic rings. The Morgan fingerprint density at radius 1 is 1.00 bits per heavy atom. The first-order valence-corrected chi connectivity index (χ1v) is 5.65. The summed E-state index contributed by atoms with van der Waals surface area (Å²) in [6.07, 6.45) is 0. The highest BCUT2D eigenvalue weighted by molar-refractivity contribution is 5.40. The number of nitrogens with zero attached hydrogens (tertiary/aromatic N) is 2. The van der Waals surface area contributed by atoms with Gasteiger partial charge in [-0.25, -0.2) is 10.8 Å². The number of hydrogen-bond donors (Lipinski definition) is 2. The first kappa shape index (κ1) is 12.3. The molecule has 94 valence electrons. The summed E-state index contributed by atoms with van der Waals surface area (Å²) < 4.78 is 5.72. The second-order valence-corrected chi connectivity index (χ2v) is 4.21. The molecule has 2 aromatic rings. The highest BCUT2D eigenvalue weighted by Crippen LogP contribution is 2.23. The van der Waals surface area contributed by atoms with Gasteiger partial charge in [0.2, 0.25) is 5.88 Å². The van der Waals surface area contributed by atoms with E-state index in [1.54, 1.807) is 13.0 Å². The maximum absolute atomic E-state index is 5.72. The smallest absolute Gasteiger partial charge is 0.224 e. The van der Waals surface area contributed by atoms with Crippen molar-refractivity contribution < 1.29 is 4.74 Å². The van der Waals surface area contributed by atoms with Gasteiger partial charge < -0.3 is 10.2 Å². The molecule has 0 radical (unpaired) electrons. The monoisotopic (exact) mass is 244 g/mol. The summed E-state index contributed by atoms with van der Waals surface area (Å²) in [5.74, 6) is 7.70. The zero-order chi connectivity index (χ0) is 13.1. The summed E-state index contributed by atoms with van der Waals surface area (Å²) in [6, 6.07) is 7.66. The van der Waals surface area contributed by atoms with E-state index in [1.807, 2.05) is 26.0 Å². The van der Waals surface area contributed by atoms with Gasteiger partial charge in [-0.2, -0.15) is 4.98 Å². The fourth-order valence-corrected chi connectivity index (χ4v) is 1.78. The van der Waals surface area contributed by atoms with Gasteiger partial charge in [0.25, 0.3) is 0 Å². The van der Waals surface area contributed by atoms with Crippen molar-refractivity contribution in [2.45, 2.75) is 20.8 Å². The van der Waals surface area contributed by atoms with Gasteiger partial charge in [0.15, 0.2) is 0 Å². The first-order chi connectivity index (χ1) is 8.56. The van der Waals surface area contributed by atoms with E-state index in [9.17, 15) is 0 Å². The summed E-state index contributed by atoms with van der Waals surface area (Å²) in [4.78, 5) is 8.31. The minimum atomic E-state index is 0.473. The van der Waals surface area contributed by atoms with Gasteiger partial charge in [-0.1, -0.05) is 6.07 Å². The van der Waals surface area contributed by atoms with Gasteiger partial charge in [0.05, 0.1) is 0 Å². The molecule has 5 nitrogen and oxygen atoms in total. The van der Waals surface area contributed by atoms with Crippen LogP contribution in [0.4, 0.5) is 5.82 Å². The highest BCUT2D eigenvalue weighted by atomic mass is 16.5. The van der Waals surface area contributed by atoms with Gasteiger partial charge >= 0.3 is 0 Å². The number of ether oxygens (including phenoxy) is 1. The third-order valence-electron chi connectivity index (χ3n) is 2.38. The van der Waals surface area contributed by atoms with Crippen molar-refractivity contribution in [1.29, 1.82) is 0 Å². The van der Waals surface area contributed by atoms with E-state index in [4.69, 9.17) is 10.6 Å². The number of anilines is 1. The molecule has 0 saturated heterocycles. The van der Waals surface area contributed by atoms with Crippen LogP contribution in [0.15, 0.2) is 24.3 Å². The number of rotatable bonds is 3. The van der Waals surface area contributed by atoms with Gasteiger partial charge in [-0.3, -0.25) is 0 Å². The summed E-state index contributed by atoms with van der Waals surface area (Å²) in [6.45, 7) is 5.84. The van der Waals surface area contributed by atoms with Crippen LogP contribution in [0, 0.1) is 20.8 Å². The number of hydrogen-bond acceptors (Lipinski definition) is 5. The molecule has 5 heteroatoms. The third kappa shape index (κ3) is 2.95. The van der Waals surface area contributed by atoms with Crippen molar-refractivity contribution in [3.63, 3.8) is 0 Å². The second-order valence-electron chi connectivity index (χ2n) is 4.21. The molecule has 1 aromatic heterocycles. The van der Waals surface area contributed by atoms with Crippen molar-refractivity contribution in [2.75, 3.05) is 5.43 Å². The number of nitrogen functional groups attached to an aromatic ring is 1. The normalized spacial score (nSPS) is 10.2. The van der Waals surface area contributed by atoms with E-state index in [2.05, 4.69) is 21.5 Å². The Balaban J connectivity index is 2.30. The van der Waals surface area contributed by atoms with Gasteiger partial charge in [0, 0.05) is 6.07 Å². The number of nitrogens with two attached hydrogens (primary N) is 1. The molecule has 18 heavy (non-hydrogen) atoms. The number of aryl methyl sites for hydroxylation is 3. The van der Waals surface area contributed by atoms with Crippen LogP contribution in [0.25, 0.3) is 0 Å². The van der Waals surface area contributed by atoms with Crippen molar-refractivity contribution >= 4 is 5.82 Å². The van der Waals surface area contributed by atoms with Crippen molar-refractivity contribution in [2.24, 2.45) is 5.84 Å². The van der Waals surface area contributed by atoms with Crippen LogP contribution in [0.1, 0.15) is 17.0 Å². The first-order valence-electron chi connectivity index (χ1n) is 5.65.